The van der Waals surface area contributed by atoms with Gasteiger partial charge >= 0.3 is 18.1 Å². The molecule has 0 aliphatic carbocycles. The molecule has 1 atom stereocenters. The van der Waals surface area contributed by atoms with Crippen LogP contribution in [0, 0.1) is 12.7 Å². The number of nitrogens with two attached hydrogens (primary N) is 1. The topological polar surface area (TPSA) is 166 Å². The normalized spacial score (nSPS) is 11.7. The molecule has 2 heterocycles. The van der Waals surface area contributed by atoms with Crippen molar-refractivity contribution in [3.63, 3.8) is 0 Å². The molecule has 3 aromatic rings. The molecule has 206 valence electrons. The predicted molar refractivity (Wildman–Crippen MR) is 129 cm³/mol. The van der Waals surface area contributed by atoms with Gasteiger partial charge < -0.3 is 30.9 Å². The zero-order valence-electron chi connectivity index (χ0n) is 20.2. The van der Waals surface area contributed by atoms with Crippen LogP contribution < -0.4 is 21.1 Å². The highest BCUT2D eigenvalue weighted by atomic mass is 32.1. The number of carbonyl (C=O) groups is 3. The fraction of sp³-hybridized carbons (Fsp3) is 0.318. The van der Waals surface area contributed by atoms with E-state index >= 15 is 0 Å². The largest absolute Gasteiger partial charge is 0.490 e. The quantitative estimate of drug-likeness (QED) is 0.237. The maximum atomic E-state index is 13.9. The van der Waals surface area contributed by atoms with Crippen molar-refractivity contribution in [1.29, 1.82) is 0 Å². The molecule has 5 N–H and O–H groups in total. The molecule has 0 radical (unpaired) electrons. The van der Waals surface area contributed by atoms with Gasteiger partial charge in [0.15, 0.2) is 0 Å². The van der Waals surface area contributed by atoms with E-state index in [1.165, 1.54) is 49.9 Å². The smallest absolute Gasteiger partial charge is 0.485 e. The van der Waals surface area contributed by atoms with E-state index in [0.29, 0.717) is 32.2 Å². The summed E-state index contributed by atoms with van der Waals surface area (Å²) in [4.78, 5) is 41.7. The van der Waals surface area contributed by atoms with Gasteiger partial charge in [0.25, 0.3) is 0 Å². The summed E-state index contributed by atoms with van der Waals surface area (Å²) < 4.78 is 56.3. The van der Waals surface area contributed by atoms with Gasteiger partial charge in [0.1, 0.15) is 39.5 Å². The first kappa shape index (κ1) is 30.2. The maximum absolute atomic E-state index is 13.9. The average Bonchev–Trinajstić information content (AvgIpc) is 3.19. The zero-order valence-corrected chi connectivity index (χ0v) is 21.0. The molecule has 0 spiro atoms. The number of amides is 1. The second-order valence-corrected chi connectivity index (χ2v) is 8.43. The Balaban J connectivity index is 0.000000638. The minimum atomic E-state index is -5.08. The van der Waals surface area contributed by atoms with E-state index in [0.717, 1.165) is 0 Å². The molecule has 16 heteroatoms. The van der Waals surface area contributed by atoms with E-state index in [-0.39, 0.29) is 24.7 Å². The standard InChI is InChI=1S/C20H22FN5O4S.C2HF3O2/c1-10-16-18(24-9-25-19(16)31-17(10)20(28)29-3)26-14-5-4-12(21)6-15(14)30-13(7-22)8-23-11(2)27;3-2(4,5)1(6)7/h4-6,9,13H,7-8,22H2,1-3H3,(H,23,27)(H,24,25,26);(H,6,7). The van der Waals surface area contributed by atoms with E-state index in [4.69, 9.17) is 25.1 Å². The van der Waals surface area contributed by atoms with Gasteiger partial charge in [-0.2, -0.15) is 13.2 Å². The van der Waals surface area contributed by atoms with Crippen LogP contribution >= 0.6 is 11.3 Å². The number of fused-ring (bicyclic) bond motifs is 1. The molecule has 0 bridgehead atoms. The molecule has 1 unspecified atom stereocenters. The minimum absolute atomic E-state index is 0.111. The molecular formula is C22H23F4N5O6S. The number of alkyl halides is 3. The second-order valence-electron chi connectivity index (χ2n) is 7.43. The van der Waals surface area contributed by atoms with Crippen molar-refractivity contribution < 1.29 is 46.5 Å². The van der Waals surface area contributed by atoms with Crippen LogP contribution in [0.1, 0.15) is 22.2 Å². The number of anilines is 2. The summed E-state index contributed by atoms with van der Waals surface area (Å²) in [7, 11) is 1.31. The lowest BCUT2D eigenvalue weighted by atomic mass is 10.2. The average molecular weight is 562 g/mol. The third kappa shape index (κ3) is 7.97. The summed E-state index contributed by atoms with van der Waals surface area (Å²) >= 11 is 1.20. The molecule has 38 heavy (non-hydrogen) atoms. The Hall–Kier alpha value is -4.05. The van der Waals surface area contributed by atoms with Crippen molar-refractivity contribution in [1.82, 2.24) is 15.3 Å². The number of hydrogen-bond acceptors (Lipinski definition) is 10. The zero-order chi connectivity index (χ0) is 28.6. The Kier molecular flexibility index (Phi) is 10.3. The highest BCUT2D eigenvalue weighted by molar-refractivity contribution is 7.20. The first-order chi connectivity index (χ1) is 17.8. The minimum Gasteiger partial charge on any atom is -0.485 e. The van der Waals surface area contributed by atoms with Crippen molar-refractivity contribution in [2.75, 3.05) is 25.5 Å². The summed E-state index contributed by atoms with van der Waals surface area (Å²) in [5.74, 6) is -3.31. The Morgan fingerprint density at radius 2 is 1.89 bits per heavy atom. The van der Waals surface area contributed by atoms with E-state index in [9.17, 15) is 27.2 Å². The molecular weight excluding hydrogens is 538 g/mol. The number of halogens is 4. The molecule has 0 fully saturated rings. The lowest BCUT2D eigenvalue weighted by Crippen LogP contribution is -2.39. The fourth-order valence-corrected chi connectivity index (χ4v) is 3.96. The highest BCUT2D eigenvalue weighted by Gasteiger charge is 2.38. The lowest BCUT2D eigenvalue weighted by Gasteiger charge is -2.20. The van der Waals surface area contributed by atoms with Crippen LogP contribution in [0.15, 0.2) is 24.5 Å². The number of rotatable bonds is 8. The van der Waals surface area contributed by atoms with Gasteiger partial charge in [0.05, 0.1) is 24.7 Å². The number of ether oxygens (including phenoxy) is 2. The molecule has 1 aromatic carbocycles. The number of esters is 1. The summed E-state index contributed by atoms with van der Waals surface area (Å²) in [5, 5.41) is 13.5. The Morgan fingerprint density at radius 1 is 1.24 bits per heavy atom. The number of nitrogens with one attached hydrogen (secondary N) is 2. The number of aliphatic carboxylic acids is 1. The van der Waals surface area contributed by atoms with Crippen LogP contribution in [-0.2, 0) is 14.3 Å². The van der Waals surface area contributed by atoms with Crippen LogP contribution in [0.3, 0.4) is 0 Å². The van der Waals surface area contributed by atoms with Gasteiger partial charge in [-0.3, -0.25) is 4.79 Å². The van der Waals surface area contributed by atoms with Crippen LogP contribution in [-0.4, -0.2) is 65.4 Å². The number of benzene rings is 1. The number of carbonyl (C=O) groups excluding carboxylic acids is 2. The van der Waals surface area contributed by atoms with Gasteiger partial charge in [-0.05, 0) is 24.6 Å². The van der Waals surface area contributed by atoms with Gasteiger partial charge in [0, 0.05) is 19.5 Å². The fourth-order valence-electron chi connectivity index (χ4n) is 2.89. The number of thiophene rings is 1. The van der Waals surface area contributed by atoms with Crippen LogP contribution in [0.5, 0.6) is 5.75 Å². The van der Waals surface area contributed by atoms with Crippen molar-refractivity contribution in [2.45, 2.75) is 26.1 Å². The van der Waals surface area contributed by atoms with Gasteiger partial charge in [-0.15, -0.1) is 11.3 Å². The number of carboxylic acid groups (broad SMARTS) is 1. The van der Waals surface area contributed by atoms with Gasteiger partial charge in [-0.1, -0.05) is 0 Å². The summed E-state index contributed by atoms with van der Waals surface area (Å²) in [5.41, 5.74) is 6.84. The number of aryl methyl sites for hydroxylation is 1. The molecule has 0 saturated carbocycles. The van der Waals surface area contributed by atoms with E-state index in [1.54, 1.807) is 6.92 Å². The van der Waals surface area contributed by atoms with Crippen LogP contribution in [0.4, 0.5) is 29.1 Å². The van der Waals surface area contributed by atoms with Crippen molar-refractivity contribution >= 4 is 50.9 Å². The monoisotopic (exact) mass is 561 g/mol. The van der Waals surface area contributed by atoms with Crippen molar-refractivity contribution in [3.8, 4) is 5.75 Å². The Morgan fingerprint density at radius 3 is 2.45 bits per heavy atom. The molecule has 3 rings (SSSR count). The SMILES string of the molecule is COC(=O)c1sc2ncnc(Nc3ccc(F)cc3OC(CN)CNC(C)=O)c2c1C.O=C(O)C(F)(F)F. The van der Waals surface area contributed by atoms with Crippen LogP contribution in [0.2, 0.25) is 0 Å². The Bertz CT molecular complexity index is 1320. The number of aromatic nitrogens is 2. The predicted octanol–water partition coefficient (Wildman–Crippen LogP) is 3.14. The first-order valence-corrected chi connectivity index (χ1v) is 11.4. The maximum Gasteiger partial charge on any atom is 0.490 e. The van der Waals surface area contributed by atoms with Crippen molar-refractivity contribution in [3.05, 3.63) is 40.8 Å². The number of nitrogens with zero attached hydrogens (tertiary/aromatic N) is 2. The third-order valence-corrected chi connectivity index (χ3v) is 5.85. The summed E-state index contributed by atoms with van der Waals surface area (Å²) in [6.07, 6.45) is -4.28. The summed E-state index contributed by atoms with van der Waals surface area (Å²) in [6.45, 7) is 3.44. The number of carboxylic acids is 1. The number of hydrogen-bond donors (Lipinski definition) is 4. The molecule has 2 aromatic heterocycles. The number of methoxy groups -OCH3 is 1. The second kappa shape index (κ2) is 13.0. The van der Waals surface area contributed by atoms with E-state index < -0.39 is 30.0 Å². The van der Waals surface area contributed by atoms with E-state index in [2.05, 4.69) is 20.6 Å². The van der Waals surface area contributed by atoms with Crippen LogP contribution in [0.25, 0.3) is 10.2 Å². The van der Waals surface area contributed by atoms with E-state index in [1.807, 2.05) is 0 Å². The highest BCUT2D eigenvalue weighted by Crippen LogP contribution is 2.36. The Labute approximate surface area is 217 Å². The molecule has 0 saturated heterocycles. The lowest BCUT2D eigenvalue weighted by molar-refractivity contribution is -0.192. The summed E-state index contributed by atoms with van der Waals surface area (Å²) in [6, 6.07) is 4.00. The molecule has 0 aliphatic rings. The van der Waals surface area contributed by atoms with Gasteiger partial charge in [-0.25, -0.2) is 23.9 Å². The molecule has 1 amide bonds. The molecule has 11 nitrogen and oxygen atoms in total. The first-order valence-electron chi connectivity index (χ1n) is 10.6. The third-order valence-electron chi connectivity index (χ3n) is 4.67. The van der Waals surface area contributed by atoms with Crippen molar-refractivity contribution in [2.24, 2.45) is 5.73 Å². The van der Waals surface area contributed by atoms with Gasteiger partial charge in [0.2, 0.25) is 5.91 Å². The molecule has 0 aliphatic heterocycles.